The molecule has 0 spiro atoms. The van der Waals surface area contributed by atoms with Gasteiger partial charge in [0, 0.05) is 10.0 Å². The molecule has 0 aliphatic heterocycles. The fourth-order valence-corrected chi connectivity index (χ4v) is 2.04. The summed E-state index contributed by atoms with van der Waals surface area (Å²) in [7, 11) is 0. The predicted molar refractivity (Wildman–Crippen MR) is 78.4 cm³/mol. The number of aliphatic hydroxyl groups excluding tert-OH is 1. The first-order valence-corrected chi connectivity index (χ1v) is 6.59. The topological polar surface area (TPSA) is 46.2 Å². The quantitative estimate of drug-likeness (QED) is 0.856. The van der Waals surface area contributed by atoms with Crippen LogP contribution in [-0.2, 0) is 0 Å². The van der Waals surface area contributed by atoms with Crippen LogP contribution in [0.2, 0.25) is 0 Å². The van der Waals surface area contributed by atoms with Crippen molar-refractivity contribution in [3.63, 3.8) is 0 Å². The molecule has 1 rings (SSSR count). The Morgan fingerprint density at radius 1 is 1.33 bits per heavy atom. The number of hydrogen-bond acceptors (Lipinski definition) is 2. The van der Waals surface area contributed by atoms with Gasteiger partial charge in [-0.15, -0.1) is 12.4 Å². The van der Waals surface area contributed by atoms with Gasteiger partial charge in [0.05, 0.1) is 12.1 Å². The molecule has 0 saturated heterocycles. The molecule has 5 heteroatoms. The second-order valence-electron chi connectivity index (χ2n) is 4.73. The predicted octanol–water partition coefficient (Wildman–Crippen LogP) is 3.81. The van der Waals surface area contributed by atoms with Crippen LogP contribution in [0, 0.1) is 11.7 Å². The molecule has 18 heavy (non-hydrogen) atoms. The molecule has 0 bridgehead atoms. The third-order valence-corrected chi connectivity index (χ3v) is 3.26. The summed E-state index contributed by atoms with van der Waals surface area (Å²) in [6, 6.07) is 3.92. The average molecular weight is 341 g/mol. The largest absolute Gasteiger partial charge is 0.391 e. The van der Waals surface area contributed by atoms with Crippen molar-refractivity contribution >= 4 is 28.3 Å². The fraction of sp³-hybridized carbons (Fsp3) is 0.538. The molecule has 0 fully saturated rings. The third-order valence-electron chi connectivity index (χ3n) is 2.77. The standard InChI is InChI=1S/C13H19BrFNO.ClH/c1-8(2)3-6-12(17)13(16)10-7-9(14)4-5-11(10)15;/h4-5,7-8,12-13,17H,3,6,16H2,1-2H3;1H/t12-,13+;/m1./s1. The molecule has 0 heterocycles. The Balaban J connectivity index is 0.00000289. The van der Waals surface area contributed by atoms with Gasteiger partial charge in [0.15, 0.2) is 0 Å². The lowest BCUT2D eigenvalue weighted by molar-refractivity contribution is 0.127. The summed E-state index contributed by atoms with van der Waals surface area (Å²) in [5.41, 5.74) is 6.24. The van der Waals surface area contributed by atoms with E-state index in [-0.39, 0.29) is 18.2 Å². The maximum absolute atomic E-state index is 13.6. The van der Waals surface area contributed by atoms with E-state index in [1.165, 1.54) is 6.07 Å². The molecule has 3 N–H and O–H groups in total. The van der Waals surface area contributed by atoms with Crippen LogP contribution in [0.3, 0.4) is 0 Å². The molecule has 0 radical (unpaired) electrons. The van der Waals surface area contributed by atoms with E-state index < -0.39 is 12.1 Å². The van der Waals surface area contributed by atoms with Crippen molar-refractivity contribution in [3.05, 3.63) is 34.1 Å². The lowest BCUT2D eigenvalue weighted by Crippen LogP contribution is -2.27. The van der Waals surface area contributed by atoms with E-state index in [1.807, 2.05) is 0 Å². The van der Waals surface area contributed by atoms with Gasteiger partial charge in [-0.1, -0.05) is 29.8 Å². The number of nitrogens with two attached hydrogens (primary N) is 1. The minimum absolute atomic E-state index is 0. The maximum atomic E-state index is 13.6. The highest BCUT2D eigenvalue weighted by Crippen LogP contribution is 2.24. The van der Waals surface area contributed by atoms with Crippen LogP contribution < -0.4 is 5.73 Å². The Kier molecular flexibility index (Phi) is 8.03. The number of hydrogen-bond donors (Lipinski definition) is 2. The van der Waals surface area contributed by atoms with Crippen molar-refractivity contribution in [2.45, 2.75) is 38.8 Å². The second kappa shape index (κ2) is 8.10. The zero-order valence-electron chi connectivity index (χ0n) is 10.6. The molecule has 1 aromatic rings. The summed E-state index contributed by atoms with van der Waals surface area (Å²) < 4.78 is 14.3. The van der Waals surface area contributed by atoms with Crippen LogP contribution in [-0.4, -0.2) is 11.2 Å². The van der Waals surface area contributed by atoms with E-state index in [9.17, 15) is 9.50 Å². The highest BCUT2D eigenvalue weighted by molar-refractivity contribution is 9.10. The SMILES string of the molecule is CC(C)CC[C@@H](O)[C@@H](N)c1cc(Br)ccc1F.Cl. The molecule has 2 nitrogen and oxygen atoms in total. The minimum atomic E-state index is -0.707. The molecule has 0 aliphatic rings. The van der Waals surface area contributed by atoms with Crippen molar-refractivity contribution in [1.29, 1.82) is 0 Å². The van der Waals surface area contributed by atoms with Gasteiger partial charge in [-0.05, 0) is 37.0 Å². The van der Waals surface area contributed by atoms with Gasteiger partial charge in [-0.3, -0.25) is 0 Å². The van der Waals surface area contributed by atoms with Crippen LogP contribution in [0.15, 0.2) is 22.7 Å². The number of benzene rings is 1. The normalized spacial score (nSPS) is 14.2. The van der Waals surface area contributed by atoms with E-state index in [0.29, 0.717) is 17.9 Å². The summed E-state index contributed by atoms with van der Waals surface area (Å²) in [6.07, 6.45) is 0.760. The highest BCUT2D eigenvalue weighted by Gasteiger charge is 2.20. The lowest BCUT2D eigenvalue weighted by Gasteiger charge is -2.20. The van der Waals surface area contributed by atoms with Gasteiger partial charge in [0.2, 0.25) is 0 Å². The number of rotatable bonds is 5. The molecule has 1 aromatic carbocycles. The molecule has 104 valence electrons. The van der Waals surface area contributed by atoms with Crippen molar-refractivity contribution in [2.24, 2.45) is 11.7 Å². The van der Waals surface area contributed by atoms with E-state index in [2.05, 4.69) is 29.8 Å². The van der Waals surface area contributed by atoms with Crippen LogP contribution >= 0.6 is 28.3 Å². The van der Waals surface area contributed by atoms with Gasteiger partial charge in [-0.2, -0.15) is 0 Å². The molecule has 0 saturated carbocycles. The molecule has 0 aromatic heterocycles. The van der Waals surface area contributed by atoms with Gasteiger partial charge in [0.1, 0.15) is 5.82 Å². The Morgan fingerprint density at radius 2 is 1.94 bits per heavy atom. The summed E-state index contributed by atoms with van der Waals surface area (Å²) in [4.78, 5) is 0. The Labute approximate surface area is 122 Å². The van der Waals surface area contributed by atoms with E-state index in [4.69, 9.17) is 5.73 Å². The molecule has 0 amide bonds. The van der Waals surface area contributed by atoms with Crippen LogP contribution in [0.4, 0.5) is 4.39 Å². The molecule has 0 aliphatic carbocycles. The summed E-state index contributed by atoms with van der Waals surface area (Å²) in [5, 5.41) is 9.93. The zero-order valence-corrected chi connectivity index (χ0v) is 13.0. The maximum Gasteiger partial charge on any atom is 0.128 e. The third kappa shape index (κ3) is 5.22. The monoisotopic (exact) mass is 339 g/mol. The van der Waals surface area contributed by atoms with E-state index in [0.717, 1.165) is 10.9 Å². The molecular weight excluding hydrogens is 321 g/mol. The summed E-state index contributed by atoms with van der Waals surface area (Å²) in [6.45, 7) is 4.16. The minimum Gasteiger partial charge on any atom is -0.391 e. The first kappa shape index (κ1) is 17.8. The number of halogens is 3. The molecule has 2 atom stereocenters. The Bertz CT molecular complexity index is 376. The van der Waals surface area contributed by atoms with Gasteiger partial charge in [-0.25, -0.2) is 4.39 Å². The van der Waals surface area contributed by atoms with E-state index in [1.54, 1.807) is 12.1 Å². The van der Waals surface area contributed by atoms with Crippen molar-refractivity contribution in [3.8, 4) is 0 Å². The van der Waals surface area contributed by atoms with Crippen LogP contribution in [0.5, 0.6) is 0 Å². The second-order valence-corrected chi connectivity index (χ2v) is 5.65. The smallest absolute Gasteiger partial charge is 0.128 e. The van der Waals surface area contributed by atoms with Crippen LogP contribution in [0.25, 0.3) is 0 Å². The van der Waals surface area contributed by atoms with Crippen molar-refractivity contribution in [1.82, 2.24) is 0 Å². The Hall–Kier alpha value is -0.160. The Morgan fingerprint density at radius 3 is 2.50 bits per heavy atom. The first-order valence-electron chi connectivity index (χ1n) is 5.80. The summed E-state index contributed by atoms with van der Waals surface area (Å²) >= 11 is 3.27. The lowest BCUT2D eigenvalue weighted by atomic mass is 9.96. The first-order chi connectivity index (χ1) is 7.91. The van der Waals surface area contributed by atoms with E-state index >= 15 is 0 Å². The van der Waals surface area contributed by atoms with Crippen molar-refractivity contribution < 1.29 is 9.50 Å². The van der Waals surface area contributed by atoms with Crippen LogP contribution in [0.1, 0.15) is 38.3 Å². The molecule has 0 unspecified atom stereocenters. The fourth-order valence-electron chi connectivity index (χ4n) is 1.66. The van der Waals surface area contributed by atoms with Gasteiger partial charge >= 0.3 is 0 Å². The summed E-state index contributed by atoms with van der Waals surface area (Å²) in [5.74, 6) is 0.133. The number of aliphatic hydroxyl groups is 1. The van der Waals surface area contributed by atoms with Gasteiger partial charge < -0.3 is 10.8 Å². The zero-order chi connectivity index (χ0) is 13.0. The molecular formula is C13H20BrClFNO. The van der Waals surface area contributed by atoms with Crippen molar-refractivity contribution in [2.75, 3.05) is 0 Å². The highest BCUT2D eigenvalue weighted by atomic mass is 79.9. The van der Waals surface area contributed by atoms with Gasteiger partial charge in [0.25, 0.3) is 0 Å². The average Bonchev–Trinajstić information content (AvgIpc) is 2.28.